The summed E-state index contributed by atoms with van der Waals surface area (Å²) in [5.74, 6) is 0. The van der Waals surface area contributed by atoms with Crippen molar-refractivity contribution >= 4 is 36.6 Å². The van der Waals surface area contributed by atoms with E-state index in [2.05, 4.69) is 4.43 Å². The summed E-state index contributed by atoms with van der Waals surface area (Å²) < 4.78 is 3.74. The minimum atomic E-state index is -4.13. The Bertz CT molecular complexity index is 59.2. The predicted molar refractivity (Wildman–Crippen MR) is 48.7 cm³/mol. The van der Waals surface area contributed by atoms with E-state index in [-0.39, 0.29) is 17.8 Å². The van der Waals surface area contributed by atoms with Crippen LogP contribution < -0.4 is 0 Å². The maximum atomic E-state index is 8.11. The van der Waals surface area contributed by atoms with E-state index in [0.29, 0.717) is 0 Å². The number of hydrogen-bond acceptors (Lipinski definition) is 5. The van der Waals surface area contributed by atoms with Crippen molar-refractivity contribution < 1.29 is 23.6 Å². The SMILES string of the molecule is CO[Si](O)(O)O.O[SiH2][SiH2][SiH3]. The highest BCUT2D eigenvalue weighted by Gasteiger charge is 2.27. The third-order valence-electron chi connectivity index (χ3n) is 0.497. The summed E-state index contributed by atoms with van der Waals surface area (Å²) in [5.41, 5.74) is 0. The fourth-order valence-electron chi connectivity index (χ4n) is 0. The Balaban J connectivity index is 0. The van der Waals surface area contributed by atoms with Crippen LogP contribution in [0.1, 0.15) is 0 Å². The second kappa shape index (κ2) is 7.77. The van der Waals surface area contributed by atoms with Crippen LogP contribution in [0.4, 0.5) is 0 Å². The topological polar surface area (TPSA) is 90.2 Å². The molecule has 0 aromatic carbocycles. The molecule has 0 saturated heterocycles. The van der Waals surface area contributed by atoms with Crippen molar-refractivity contribution in [2.24, 2.45) is 0 Å². The van der Waals surface area contributed by atoms with Crippen LogP contribution in [0, 0.1) is 0 Å². The van der Waals surface area contributed by atoms with Crippen molar-refractivity contribution in [1.29, 1.82) is 0 Å². The summed E-state index contributed by atoms with van der Waals surface area (Å²) in [7, 11) is -1.89. The van der Waals surface area contributed by atoms with Gasteiger partial charge in [-0.3, -0.25) is 0 Å². The summed E-state index contributed by atoms with van der Waals surface area (Å²) in [6.45, 7) is 0. The molecule has 0 unspecified atom stereocenters. The normalized spacial score (nSPS) is 12.9. The van der Waals surface area contributed by atoms with Crippen molar-refractivity contribution in [2.75, 3.05) is 7.11 Å². The third kappa shape index (κ3) is 23.4. The van der Waals surface area contributed by atoms with Gasteiger partial charge in [-0.1, -0.05) is 0 Å². The molecule has 0 bridgehead atoms. The highest BCUT2D eigenvalue weighted by atomic mass is 29.5. The Hall–Kier alpha value is 0.668. The van der Waals surface area contributed by atoms with Crippen LogP contribution in [0.2, 0.25) is 0 Å². The molecule has 0 spiro atoms. The molecule has 0 heterocycles. The second-order valence-corrected chi connectivity index (χ2v) is 17.8. The van der Waals surface area contributed by atoms with Crippen molar-refractivity contribution in [3.05, 3.63) is 0 Å². The van der Waals surface area contributed by atoms with Crippen LogP contribution in [0.3, 0.4) is 0 Å². The van der Waals surface area contributed by atoms with Gasteiger partial charge in [0.15, 0.2) is 0 Å². The van der Waals surface area contributed by atoms with E-state index in [4.69, 9.17) is 19.2 Å². The van der Waals surface area contributed by atoms with Gasteiger partial charge >= 0.3 is 9.05 Å². The van der Waals surface area contributed by atoms with Gasteiger partial charge in [-0.25, -0.2) is 0 Å². The van der Waals surface area contributed by atoms with Crippen molar-refractivity contribution in [2.45, 2.75) is 0 Å². The van der Waals surface area contributed by atoms with Gasteiger partial charge in [-0.05, 0) is 9.76 Å². The zero-order chi connectivity index (χ0) is 8.62. The molecule has 0 aliphatic rings. The molecule has 4 N–H and O–H groups in total. The largest absolute Gasteiger partial charge is 0.671 e. The van der Waals surface area contributed by atoms with Crippen LogP contribution in [0.25, 0.3) is 0 Å². The molecular weight excluding hydrogens is 204 g/mol. The summed E-state index contributed by atoms with van der Waals surface area (Å²) in [5, 5.41) is 0. The highest BCUT2D eigenvalue weighted by molar-refractivity contribution is 7.21. The average Bonchev–Trinajstić information content (AvgIpc) is 1.87. The Labute approximate surface area is 67.9 Å². The quantitative estimate of drug-likeness (QED) is 0.347. The molecule has 9 heteroatoms. The first kappa shape index (κ1) is 13.3. The molecule has 0 amide bonds. The van der Waals surface area contributed by atoms with E-state index < -0.39 is 9.05 Å². The minimum absolute atomic E-state index is 0.258. The first-order chi connectivity index (χ1) is 4.47. The first-order valence-electron chi connectivity index (χ1n) is 2.81. The van der Waals surface area contributed by atoms with E-state index in [1.54, 1.807) is 0 Å². The maximum Gasteiger partial charge on any atom is 0.671 e. The standard InChI is InChI=1S/CH6O4Si.H8OSi3/c1-5-6(2,3)4;1-3-4-2/h2-4H,1H3;1H,3-4H2,2H3. The second-order valence-electron chi connectivity index (χ2n) is 1.50. The number of rotatable bonds is 2. The van der Waals surface area contributed by atoms with Gasteiger partial charge in [0.2, 0.25) is 0 Å². The fourth-order valence-corrected chi connectivity index (χ4v) is 0. The molecule has 64 valence electrons. The zero-order valence-corrected chi connectivity index (χ0v) is 11.9. The number of hydrogen-bond donors (Lipinski definition) is 4. The molecule has 10 heavy (non-hydrogen) atoms. The van der Waals surface area contributed by atoms with Crippen LogP contribution in [-0.2, 0) is 4.43 Å². The molecule has 0 atom stereocenters. The van der Waals surface area contributed by atoms with Crippen LogP contribution >= 0.6 is 0 Å². The lowest BCUT2D eigenvalue weighted by Gasteiger charge is -2.01. The van der Waals surface area contributed by atoms with Gasteiger partial charge in [0, 0.05) is 15.7 Å². The lowest BCUT2D eigenvalue weighted by Crippen LogP contribution is -2.37. The fraction of sp³-hybridized carbons (Fsp3) is 1.00. The smallest absolute Gasteiger partial charge is 0.442 e. The Morgan fingerprint density at radius 3 is 1.60 bits per heavy atom. The van der Waals surface area contributed by atoms with Crippen LogP contribution in [0.5, 0.6) is 0 Å². The van der Waals surface area contributed by atoms with Gasteiger partial charge in [0.1, 0.15) is 9.28 Å². The average molecular weight is 218 g/mol. The monoisotopic (exact) mass is 218 g/mol. The molecule has 0 radical (unpaired) electrons. The van der Waals surface area contributed by atoms with Gasteiger partial charge in [-0.2, -0.15) is 0 Å². The highest BCUT2D eigenvalue weighted by Crippen LogP contribution is 1.80. The lowest BCUT2D eigenvalue weighted by atomic mass is 11.8. The molecule has 0 aromatic rings. The first-order valence-corrected chi connectivity index (χ1v) is 14.8. The molecule has 0 aliphatic carbocycles. The molecular formula is CH14O5Si4. The van der Waals surface area contributed by atoms with Gasteiger partial charge in [0.25, 0.3) is 0 Å². The predicted octanol–water partition coefficient (Wildman–Crippen LogP) is -5.53. The molecule has 0 aliphatic heterocycles. The van der Waals surface area contributed by atoms with E-state index in [9.17, 15) is 0 Å². The van der Waals surface area contributed by atoms with Crippen molar-refractivity contribution in [3.63, 3.8) is 0 Å². The van der Waals surface area contributed by atoms with Gasteiger partial charge < -0.3 is 23.6 Å². The maximum absolute atomic E-state index is 8.11. The van der Waals surface area contributed by atoms with Gasteiger partial charge in [0.05, 0.1) is 0 Å². The Morgan fingerprint density at radius 2 is 1.60 bits per heavy atom. The van der Waals surface area contributed by atoms with E-state index in [1.807, 2.05) is 0 Å². The molecule has 0 fully saturated rings. The molecule has 0 aromatic heterocycles. The summed E-state index contributed by atoms with van der Waals surface area (Å²) >= 11 is 0. The van der Waals surface area contributed by atoms with Crippen molar-refractivity contribution in [3.8, 4) is 0 Å². The van der Waals surface area contributed by atoms with Crippen LogP contribution in [-0.4, -0.2) is 62.9 Å². The summed E-state index contributed by atoms with van der Waals surface area (Å²) in [6.07, 6.45) is 0. The van der Waals surface area contributed by atoms with E-state index in [1.165, 1.54) is 9.76 Å². The van der Waals surface area contributed by atoms with E-state index >= 15 is 0 Å². The Morgan fingerprint density at radius 1 is 1.40 bits per heavy atom. The lowest BCUT2D eigenvalue weighted by molar-refractivity contribution is 0.0881. The summed E-state index contributed by atoms with van der Waals surface area (Å²) in [6, 6.07) is 0. The molecule has 0 rings (SSSR count). The van der Waals surface area contributed by atoms with Crippen LogP contribution in [0.15, 0.2) is 0 Å². The molecule has 0 saturated carbocycles. The van der Waals surface area contributed by atoms with E-state index in [0.717, 1.165) is 7.11 Å². The Kier molecular flexibility index (Phi) is 10.3. The van der Waals surface area contributed by atoms with Crippen molar-refractivity contribution in [1.82, 2.24) is 0 Å². The minimum Gasteiger partial charge on any atom is -0.442 e. The van der Waals surface area contributed by atoms with Gasteiger partial charge in [-0.15, -0.1) is 0 Å². The third-order valence-corrected chi connectivity index (χ3v) is 6.86. The zero-order valence-electron chi connectivity index (χ0n) is 6.11. The molecule has 5 nitrogen and oxygen atoms in total. The summed E-state index contributed by atoms with van der Waals surface area (Å²) in [4.78, 5) is 31.7.